The molecule has 3 aromatic carbocycles. The van der Waals surface area contributed by atoms with Crippen molar-refractivity contribution in [1.29, 1.82) is 0 Å². The van der Waals surface area contributed by atoms with E-state index in [2.05, 4.69) is 5.32 Å². The van der Waals surface area contributed by atoms with Gasteiger partial charge in [-0.2, -0.15) is 0 Å². The average Bonchev–Trinajstić information content (AvgIpc) is 2.90. The highest BCUT2D eigenvalue weighted by atomic mass is 35.5. The number of rotatable bonds is 11. The van der Waals surface area contributed by atoms with Crippen molar-refractivity contribution in [3.05, 3.63) is 89.4 Å². The van der Waals surface area contributed by atoms with Gasteiger partial charge in [-0.3, -0.25) is 13.9 Å². The van der Waals surface area contributed by atoms with E-state index in [1.165, 1.54) is 42.3 Å². The Morgan fingerprint density at radius 3 is 2.27 bits per heavy atom. The molecule has 37 heavy (non-hydrogen) atoms. The molecule has 3 rings (SSSR count). The molecule has 0 fully saturated rings. The second-order valence-electron chi connectivity index (χ2n) is 8.24. The van der Waals surface area contributed by atoms with Gasteiger partial charge < -0.3 is 15.0 Å². The van der Waals surface area contributed by atoms with E-state index in [0.717, 1.165) is 9.87 Å². The summed E-state index contributed by atoms with van der Waals surface area (Å²) in [5.74, 6) is -0.382. The maximum Gasteiger partial charge on any atom is 0.264 e. The van der Waals surface area contributed by atoms with E-state index >= 15 is 0 Å². The molecule has 1 atom stereocenters. The van der Waals surface area contributed by atoms with E-state index in [-0.39, 0.29) is 23.0 Å². The predicted octanol–water partition coefficient (Wildman–Crippen LogP) is 4.10. The van der Waals surface area contributed by atoms with Crippen molar-refractivity contribution in [2.45, 2.75) is 31.3 Å². The Bertz CT molecular complexity index is 1320. The molecule has 0 heterocycles. The normalized spacial score (nSPS) is 11.9. The lowest BCUT2D eigenvalue weighted by Crippen LogP contribution is -2.51. The summed E-state index contributed by atoms with van der Waals surface area (Å²) >= 11 is 6.17. The van der Waals surface area contributed by atoms with Gasteiger partial charge in [0, 0.05) is 18.1 Å². The number of benzene rings is 3. The SMILES string of the molecule is CCNC(=O)[C@H](C)N(Cc1ccccc1)C(=O)CN(c1cccc(Cl)c1)S(=O)(=O)c1ccc(OC)cc1. The first-order chi connectivity index (χ1) is 17.7. The average molecular weight is 544 g/mol. The summed E-state index contributed by atoms with van der Waals surface area (Å²) in [4.78, 5) is 27.8. The molecule has 0 aromatic heterocycles. The van der Waals surface area contributed by atoms with E-state index < -0.39 is 28.5 Å². The van der Waals surface area contributed by atoms with Crippen molar-refractivity contribution in [3.63, 3.8) is 0 Å². The number of carbonyl (C=O) groups excluding carboxylic acids is 2. The molecule has 0 saturated carbocycles. The van der Waals surface area contributed by atoms with Gasteiger partial charge in [-0.25, -0.2) is 8.42 Å². The highest BCUT2D eigenvalue weighted by Crippen LogP contribution is 2.27. The van der Waals surface area contributed by atoms with Crippen LogP contribution in [0.15, 0.2) is 83.8 Å². The molecule has 0 radical (unpaired) electrons. The van der Waals surface area contributed by atoms with Crippen molar-refractivity contribution in [3.8, 4) is 5.75 Å². The third-order valence-electron chi connectivity index (χ3n) is 5.74. The third kappa shape index (κ3) is 7.02. The number of hydrogen-bond donors (Lipinski definition) is 1. The van der Waals surface area contributed by atoms with Gasteiger partial charge in [-0.1, -0.05) is 48.0 Å². The lowest BCUT2D eigenvalue weighted by molar-refractivity contribution is -0.139. The summed E-state index contributed by atoms with van der Waals surface area (Å²) in [7, 11) is -2.70. The molecule has 0 aliphatic heterocycles. The zero-order chi connectivity index (χ0) is 27.0. The molecule has 196 valence electrons. The number of methoxy groups -OCH3 is 1. The summed E-state index contributed by atoms with van der Waals surface area (Å²) in [6, 6.07) is 20.5. The quantitative estimate of drug-likeness (QED) is 0.393. The fourth-order valence-corrected chi connectivity index (χ4v) is 5.31. The number of nitrogens with one attached hydrogen (secondary N) is 1. The van der Waals surface area contributed by atoms with Crippen molar-refractivity contribution >= 4 is 39.1 Å². The summed E-state index contributed by atoms with van der Waals surface area (Å²) < 4.78 is 33.7. The molecular weight excluding hydrogens is 514 g/mol. The molecule has 2 amide bonds. The number of likely N-dealkylation sites (N-methyl/N-ethyl adjacent to an activating group) is 1. The Kier molecular flexibility index (Phi) is 9.54. The highest BCUT2D eigenvalue weighted by molar-refractivity contribution is 7.92. The van der Waals surface area contributed by atoms with E-state index in [4.69, 9.17) is 16.3 Å². The van der Waals surface area contributed by atoms with Gasteiger partial charge in [0.2, 0.25) is 11.8 Å². The van der Waals surface area contributed by atoms with Gasteiger partial charge in [0.1, 0.15) is 18.3 Å². The Hall–Kier alpha value is -3.56. The van der Waals surface area contributed by atoms with Crippen molar-refractivity contribution < 1.29 is 22.7 Å². The van der Waals surface area contributed by atoms with E-state index in [9.17, 15) is 18.0 Å². The Morgan fingerprint density at radius 2 is 1.68 bits per heavy atom. The molecule has 0 saturated heterocycles. The molecular formula is C27H30ClN3O5S. The van der Waals surface area contributed by atoms with Crippen molar-refractivity contribution in [2.75, 3.05) is 24.5 Å². The van der Waals surface area contributed by atoms with Crippen molar-refractivity contribution in [2.24, 2.45) is 0 Å². The van der Waals surface area contributed by atoms with Gasteiger partial charge in [0.25, 0.3) is 10.0 Å². The summed E-state index contributed by atoms with van der Waals surface area (Å²) in [5.41, 5.74) is 1.03. The fraction of sp³-hybridized carbons (Fsp3) is 0.259. The predicted molar refractivity (Wildman–Crippen MR) is 144 cm³/mol. The summed E-state index contributed by atoms with van der Waals surface area (Å²) in [6.45, 7) is 3.40. The first-order valence-electron chi connectivity index (χ1n) is 11.7. The minimum absolute atomic E-state index is 0.0209. The Labute approximate surface area is 222 Å². The molecule has 10 heteroatoms. The van der Waals surface area contributed by atoms with Gasteiger partial charge in [-0.15, -0.1) is 0 Å². The third-order valence-corrected chi connectivity index (χ3v) is 7.76. The molecule has 0 spiro atoms. The van der Waals surface area contributed by atoms with Crippen LogP contribution in [0.2, 0.25) is 5.02 Å². The smallest absolute Gasteiger partial charge is 0.264 e. The van der Waals surface area contributed by atoms with Crippen molar-refractivity contribution in [1.82, 2.24) is 10.2 Å². The lowest BCUT2D eigenvalue weighted by Gasteiger charge is -2.32. The number of nitrogens with zero attached hydrogens (tertiary/aromatic N) is 2. The number of anilines is 1. The van der Waals surface area contributed by atoms with Crippen LogP contribution >= 0.6 is 11.6 Å². The lowest BCUT2D eigenvalue weighted by atomic mass is 10.1. The number of carbonyl (C=O) groups is 2. The van der Waals surface area contributed by atoms with Crippen LogP contribution < -0.4 is 14.4 Å². The zero-order valence-electron chi connectivity index (χ0n) is 20.9. The number of hydrogen-bond acceptors (Lipinski definition) is 5. The molecule has 0 aliphatic carbocycles. The zero-order valence-corrected chi connectivity index (χ0v) is 22.5. The standard InChI is InChI=1S/C27H30ClN3O5S/c1-4-29-27(33)20(2)30(18-21-9-6-5-7-10-21)26(32)19-31(23-12-8-11-22(28)17-23)37(34,35)25-15-13-24(36-3)14-16-25/h5-17,20H,4,18-19H2,1-3H3,(H,29,33)/t20-/m0/s1. The molecule has 1 N–H and O–H groups in total. The first-order valence-corrected chi connectivity index (χ1v) is 13.5. The largest absolute Gasteiger partial charge is 0.497 e. The summed E-state index contributed by atoms with van der Waals surface area (Å²) in [6.07, 6.45) is 0. The van der Waals surface area contributed by atoms with Gasteiger partial charge in [0.05, 0.1) is 17.7 Å². The maximum absolute atomic E-state index is 13.8. The van der Waals surface area contributed by atoms with Crippen LogP contribution in [0, 0.1) is 0 Å². The molecule has 0 bridgehead atoms. The number of sulfonamides is 1. The van der Waals surface area contributed by atoms with E-state index in [1.54, 1.807) is 32.0 Å². The van der Waals surface area contributed by atoms with Gasteiger partial charge in [-0.05, 0) is 61.9 Å². The highest BCUT2D eigenvalue weighted by Gasteiger charge is 2.32. The molecule has 3 aromatic rings. The second kappa shape index (κ2) is 12.6. The molecule has 8 nitrogen and oxygen atoms in total. The fourth-order valence-electron chi connectivity index (χ4n) is 3.72. The van der Waals surface area contributed by atoms with E-state index in [1.807, 2.05) is 30.3 Å². The molecule has 0 unspecified atom stereocenters. The second-order valence-corrected chi connectivity index (χ2v) is 10.5. The van der Waals surface area contributed by atoms with Gasteiger partial charge in [0.15, 0.2) is 0 Å². The van der Waals surface area contributed by atoms with Crippen LogP contribution in [-0.2, 0) is 26.2 Å². The van der Waals surface area contributed by atoms with Crippen LogP contribution in [-0.4, -0.2) is 51.4 Å². The van der Waals surface area contributed by atoms with Gasteiger partial charge >= 0.3 is 0 Å². The Morgan fingerprint density at radius 1 is 1.00 bits per heavy atom. The molecule has 0 aliphatic rings. The van der Waals surface area contributed by atoms with E-state index in [0.29, 0.717) is 17.3 Å². The minimum atomic E-state index is -4.18. The monoisotopic (exact) mass is 543 g/mol. The van der Waals surface area contributed by atoms with Crippen LogP contribution in [0.3, 0.4) is 0 Å². The Balaban J connectivity index is 2.02. The number of halogens is 1. The summed E-state index contributed by atoms with van der Waals surface area (Å²) in [5, 5.41) is 3.05. The maximum atomic E-state index is 13.8. The van der Waals surface area contributed by atoms with Crippen LogP contribution in [0.1, 0.15) is 19.4 Å². The topological polar surface area (TPSA) is 96.0 Å². The van der Waals surface area contributed by atoms with Crippen LogP contribution in [0.5, 0.6) is 5.75 Å². The first kappa shape index (κ1) is 28.0. The van der Waals surface area contributed by atoms with Crippen LogP contribution in [0.4, 0.5) is 5.69 Å². The minimum Gasteiger partial charge on any atom is -0.497 e. The van der Waals surface area contributed by atoms with Crippen LogP contribution in [0.25, 0.3) is 0 Å². The number of amides is 2. The number of ether oxygens (including phenoxy) is 1.